The average molecular weight is 326 g/mol. The van der Waals surface area contributed by atoms with Crippen LogP contribution in [0.2, 0.25) is 0 Å². The van der Waals surface area contributed by atoms with E-state index in [-0.39, 0.29) is 5.76 Å². The van der Waals surface area contributed by atoms with Crippen LogP contribution in [-0.4, -0.2) is 45.5 Å². The Morgan fingerprint density at radius 1 is 1.29 bits per heavy atom. The highest BCUT2D eigenvalue weighted by Crippen LogP contribution is 2.33. The van der Waals surface area contributed by atoms with Gasteiger partial charge in [0.05, 0.1) is 30.3 Å². The molecule has 0 atom stereocenters. The normalized spacial score (nSPS) is 19.5. The van der Waals surface area contributed by atoms with E-state index in [1.54, 1.807) is 7.11 Å². The van der Waals surface area contributed by atoms with Gasteiger partial charge in [-0.25, -0.2) is 4.98 Å². The van der Waals surface area contributed by atoms with Crippen molar-refractivity contribution in [2.75, 3.05) is 13.7 Å². The van der Waals surface area contributed by atoms with Crippen molar-refractivity contribution in [2.24, 2.45) is 0 Å². The topological polar surface area (TPSA) is 85.2 Å². The summed E-state index contributed by atoms with van der Waals surface area (Å²) in [5.41, 5.74) is 2.17. The Labute approximate surface area is 140 Å². The lowest BCUT2D eigenvalue weighted by molar-refractivity contribution is 0.241. The molecule has 126 valence electrons. The molecule has 0 saturated heterocycles. The van der Waals surface area contributed by atoms with Gasteiger partial charge in [0.25, 0.3) is 0 Å². The van der Waals surface area contributed by atoms with E-state index in [1.807, 2.05) is 23.1 Å². The van der Waals surface area contributed by atoms with Gasteiger partial charge in [-0.1, -0.05) is 19.3 Å². The lowest BCUT2D eigenvalue weighted by Gasteiger charge is -2.32. The zero-order valence-electron chi connectivity index (χ0n) is 13.8. The standard InChI is InChI=1S/C18H22N4O2/c1-24-12-7-8-13-14(9-12)21-18(20-13)16-15(23)10-22(17(16)19)11-5-3-2-4-6-11/h7-9,11,19,23H,2-6,10H2,1H3,(H,20,21). The van der Waals surface area contributed by atoms with Crippen LogP contribution < -0.4 is 4.74 Å². The van der Waals surface area contributed by atoms with Crippen molar-refractivity contribution >= 4 is 22.4 Å². The molecular weight excluding hydrogens is 304 g/mol. The molecule has 0 amide bonds. The van der Waals surface area contributed by atoms with Crippen LogP contribution in [0.5, 0.6) is 5.75 Å². The number of benzene rings is 1. The Morgan fingerprint density at radius 2 is 2.08 bits per heavy atom. The molecule has 4 rings (SSSR count). The summed E-state index contributed by atoms with van der Waals surface area (Å²) in [5, 5.41) is 19.0. The van der Waals surface area contributed by atoms with Crippen LogP contribution in [0.1, 0.15) is 37.9 Å². The predicted molar refractivity (Wildman–Crippen MR) is 93.5 cm³/mol. The summed E-state index contributed by atoms with van der Waals surface area (Å²) in [6.45, 7) is 0.416. The molecule has 0 spiro atoms. The fourth-order valence-corrected chi connectivity index (χ4v) is 3.79. The number of aromatic amines is 1. The van der Waals surface area contributed by atoms with Crippen molar-refractivity contribution in [3.8, 4) is 5.75 Å². The number of aliphatic hydroxyl groups is 1. The van der Waals surface area contributed by atoms with E-state index in [1.165, 1.54) is 19.3 Å². The maximum atomic E-state index is 10.5. The van der Waals surface area contributed by atoms with Crippen molar-refractivity contribution in [1.29, 1.82) is 5.41 Å². The third-order valence-electron chi connectivity index (χ3n) is 5.07. The Kier molecular flexibility index (Phi) is 3.67. The molecule has 1 fully saturated rings. The smallest absolute Gasteiger partial charge is 0.145 e. The van der Waals surface area contributed by atoms with Crippen molar-refractivity contribution in [2.45, 2.75) is 38.1 Å². The number of aliphatic hydroxyl groups excluding tert-OH is 1. The van der Waals surface area contributed by atoms with Crippen LogP contribution in [-0.2, 0) is 0 Å². The fourth-order valence-electron chi connectivity index (χ4n) is 3.79. The molecule has 6 nitrogen and oxygen atoms in total. The molecule has 24 heavy (non-hydrogen) atoms. The first-order chi connectivity index (χ1) is 11.7. The summed E-state index contributed by atoms with van der Waals surface area (Å²) < 4.78 is 5.24. The number of H-pyrrole nitrogens is 1. The molecule has 1 aromatic carbocycles. The number of rotatable bonds is 3. The maximum absolute atomic E-state index is 10.5. The molecule has 1 aliphatic heterocycles. The number of imidazole rings is 1. The van der Waals surface area contributed by atoms with Gasteiger partial charge in [-0.3, -0.25) is 5.41 Å². The van der Waals surface area contributed by atoms with Gasteiger partial charge in [0.2, 0.25) is 0 Å². The van der Waals surface area contributed by atoms with E-state index in [0.717, 1.165) is 29.6 Å². The minimum absolute atomic E-state index is 0.233. The van der Waals surface area contributed by atoms with Gasteiger partial charge >= 0.3 is 0 Å². The summed E-state index contributed by atoms with van der Waals surface area (Å²) in [7, 11) is 1.63. The number of aromatic nitrogens is 2. The molecule has 2 heterocycles. The zero-order valence-corrected chi connectivity index (χ0v) is 13.8. The number of amidine groups is 1. The summed E-state index contributed by atoms with van der Waals surface area (Å²) in [4.78, 5) is 9.80. The van der Waals surface area contributed by atoms with E-state index >= 15 is 0 Å². The first kappa shape index (κ1) is 15.1. The Hall–Kier alpha value is -2.50. The van der Waals surface area contributed by atoms with Crippen LogP contribution >= 0.6 is 0 Å². The molecule has 2 aliphatic rings. The van der Waals surface area contributed by atoms with Crippen molar-refractivity contribution in [3.63, 3.8) is 0 Å². The second-order valence-corrected chi connectivity index (χ2v) is 6.56. The lowest BCUT2D eigenvalue weighted by atomic mass is 9.94. The monoisotopic (exact) mass is 326 g/mol. The van der Waals surface area contributed by atoms with Gasteiger partial charge in [-0.15, -0.1) is 0 Å². The number of methoxy groups -OCH3 is 1. The van der Waals surface area contributed by atoms with Crippen LogP contribution in [0.4, 0.5) is 0 Å². The van der Waals surface area contributed by atoms with Gasteiger partial charge < -0.3 is 19.7 Å². The number of hydrogen-bond donors (Lipinski definition) is 3. The molecule has 1 aromatic heterocycles. The molecular formula is C18H22N4O2. The van der Waals surface area contributed by atoms with E-state index in [4.69, 9.17) is 10.1 Å². The second-order valence-electron chi connectivity index (χ2n) is 6.56. The first-order valence-electron chi connectivity index (χ1n) is 8.49. The number of nitrogens with one attached hydrogen (secondary N) is 2. The second kappa shape index (κ2) is 5.85. The summed E-state index contributed by atoms with van der Waals surface area (Å²) in [6.07, 6.45) is 5.87. The number of hydrogen-bond acceptors (Lipinski definition) is 4. The lowest BCUT2D eigenvalue weighted by Crippen LogP contribution is -2.38. The van der Waals surface area contributed by atoms with Gasteiger partial charge in [0.1, 0.15) is 23.2 Å². The van der Waals surface area contributed by atoms with Crippen molar-refractivity contribution in [3.05, 3.63) is 29.8 Å². The molecule has 2 aromatic rings. The summed E-state index contributed by atoms with van der Waals surface area (Å²) >= 11 is 0. The maximum Gasteiger partial charge on any atom is 0.145 e. The highest BCUT2D eigenvalue weighted by molar-refractivity contribution is 6.23. The first-order valence-corrected chi connectivity index (χ1v) is 8.49. The van der Waals surface area contributed by atoms with E-state index in [9.17, 15) is 5.11 Å². The zero-order chi connectivity index (χ0) is 16.7. The Bertz CT molecular complexity index is 818. The van der Waals surface area contributed by atoms with E-state index < -0.39 is 0 Å². The molecule has 0 radical (unpaired) electrons. The van der Waals surface area contributed by atoms with E-state index in [0.29, 0.717) is 29.8 Å². The molecule has 1 aliphatic carbocycles. The van der Waals surface area contributed by atoms with Crippen LogP contribution in [0, 0.1) is 5.41 Å². The Balaban J connectivity index is 1.65. The minimum atomic E-state index is 0.233. The third-order valence-corrected chi connectivity index (χ3v) is 5.07. The SMILES string of the molecule is COc1ccc2nc(C3=C(O)CN(C4CCCCC4)C3=N)[nH]c2c1. The summed E-state index contributed by atoms with van der Waals surface area (Å²) in [6, 6.07) is 5.97. The quantitative estimate of drug-likeness (QED) is 0.806. The Morgan fingerprint density at radius 3 is 2.83 bits per heavy atom. The van der Waals surface area contributed by atoms with Gasteiger partial charge in [0, 0.05) is 12.1 Å². The van der Waals surface area contributed by atoms with Crippen LogP contribution in [0.15, 0.2) is 24.0 Å². The third kappa shape index (κ3) is 2.42. The van der Waals surface area contributed by atoms with Crippen LogP contribution in [0.25, 0.3) is 16.6 Å². The number of fused-ring (bicyclic) bond motifs is 1. The van der Waals surface area contributed by atoms with Gasteiger partial charge in [0.15, 0.2) is 0 Å². The molecule has 0 bridgehead atoms. The fraction of sp³-hybridized carbons (Fsp3) is 0.444. The largest absolute Gasteiger partial charge is 0.510 e. The minimum Gasteiger partial charge on any atom is -0.510 e. The number of ether oxygens (including phenoxy) is 1. The van der Waals surface area contributed by atoms with Gasteiger partial charge in [-0.05, 0) is 25.0 Å². The van der Waals surface area contributed by atoms with Gasteiger partial charge in [-0.2, -0.15) is 0 Å². The number of nitrogens with zero attached hydrogens (tertiary/aromatic N) is 2. The summed E-state index contributed by atoms with van der Waals surface area (Å²) in [5.74, 6) is 1.92. The molecule has 0 unspecified atom stereocenters. The van der Waals surface area contributed by atoms with Crippen molar-refractivity contribution < 1.29 is 9.84 Å². The molecule has 3 N–H and O–H groups in total. The van der Waals surface area contributed by atoms with Crippen LogP contribution in [0.3, 0.4) is 0 Å². The highest BCUT2D eigenvalue weighted by atomic mass is 16.5. The van der Waals surface area contributed by atoms with Crippen molar-refractivity contribution in [1.82, 2.24) is 14.9 Å². The van der Waals surface area contributed by atoms with E-state index in [2.05, 4.69) is 9.97 Å². The highest BCUT2D eigenvalue weighted by Gasteiger charge is 2.34. The predicted octanol–water partition coefficient (Wildman–Crippen LogP) is 3.47. The average Bonchev–Trinajstić information content (AvgIpc) is 3.15. The molecule has 1 saturated carbocycles. The molecule has 6 heteroatoms.